The zero-order valence-corrected chi connectivity index (χ0v) is 17.9. The molecular formula is C22H25F3N4O2. The van der Waals surface area contributed by atoms with Crippen molar-refractivity contribution in [2.45, 2.75) is 53.4 Å². The summed E-state index contributed by atoms with van der Waals surface area (Å²) in [6.07, 6.45) is -3.45. The molecule has 0 bridgehead atoms. The van der Waals surface area contributed by atoms with Gasteiger partial charge >= 0.3 is 6.18 Å². The number of hydrogen-bond acceptors (Lipinski definition) is 3. The molecule has 0 aliphatic rings. The predicted molar refractivity (Wildman–Crippen MR) is 113 cm³/mol. The van der Waals surface area contributed by atoms with Crippen molar-refractivity contribution in [1.82, 2.24) is 14.3 Å². The van der Waals surface area contributed by atoms with Crippen molar-refractivity contribution in [3.63, 3.8) is 0 Å². The third kappa shape index (κ3) is 5.15. The predicted octanol–water partition coefficient (Wildman–Crippen LogP) is 4.52. The van der Waals surface area contributed by atoms with E-state index in [2.05, 4.69) is 10.4 Å². The zero-order valence-electron chi connectivity index (χ0n) is 17.9. The van der Waals surface area contributed by atoms with Crippen LogP contribution in [0.3, 0.4) is 0 Å². The average molecular weight is 434 g/mol. The van der Waals surface area contributed by atoms with E-state index >= 15 is 0 Å². The summed E-state index contributed by atoms with van der Waals surface area (Å²) in [6, 6.07) is 6.07. The summed E-state index contributed by atoms with van der Waals surface area (Å²) in [6.45, 7) is 8.05. The van der Waals surface area contributed by atoms with E-state index in [1.807, 2.05) is 39.8 Å². The van der Waals surface area contributed by atoms with Gasteiger partial charge in [-0.15, -0.1) is 0 Å². The summed E-state index contributed by atoms with van der Waals surface area (Å²) in [5.41, 5.74) is 0.813. The Morgan fingerprint density at radius 3 is 2.48 bits per heavy atom. The minimum atomic E-state index is -4.68. The van der Waals surface area contributed by atoms with Gasteiger partial charge in [0, 0.05) is 42.8 Å². The number of hydrogen-bond donors (Lipinski definition) is 1. The number of anilines is 1. The van der Waals surface area contributed by atoms with E-state index in [0.29, 0.717) is 18.3 Å². The van der Waals surface area contributed by atoms with E-state index in [1.165, 1.54) is 10.9 Å². The average Bonchev–Trinajstić information content (AvgIpc) is 3.05. The Morgan fingerprint density at radius 1 is 1.16 bits per heavy atom. The van der Waals surface area contributed by atoms with Gasteiger partial charge in [-0.25, -0.2) is 0 Å². The summed E-state index contributed by atoms with van der Waals surface area (Å²) >= 11 is 0. The van der Waals surface area contributed by atoms with Crippen molar-refractivity contribution < 1.29 is 18.0 Å². The first-order valence-corrected chi connectivity index (χ1v) is 10.0. The van der Waals surface area contributed by atoms with Crippen molar-refractivity contribution in [3.05, 3.63) is 57.5 Å². The van der Waals surface area contributed by atoms with E-state index in [9.17, 15) is 22.8 Å². The first kappa shape index (κ1) is 22.6. The fourth-order valence-corrected chi connectivity index (χ4v) is 3.36. The molecule has 0 radical (unpaired) electrons. The van der Waals surface area contributed by atoms with Gasteiger partial charge in [0.15, 0.2) is 5.65 Å². The summed E-state index contributed by atoms with van der Waals surface area (Å²) in [4.78, 5) is 24.8. The van der Waals surface area contributed by atoms with Crippen LogP contribution in [0.25, 0.3) is 11.0 Å². The van der Waals surface area contributed by atoms with E-state index in [4.69, 9.17) is 0 Å². The van der Waals surface area contributed by atoms with Gasteiger partial charge in [-0.05, 0) is 43.0 Å². The summed E-state index contributed by atoms with van der Waals surface area (Å²) < 4.78 is 42.9. The number of nitrogens with zero attached hydrogens (tertiary/aromatic N) is 3. The van der Waals surface area contributed by atoms with Gasteiger partial charge in [0.2, 0.25) is 5.91 Å². The number of fused-ring (bicyclic) bond motifs is 1. The molecule has 31 heavy (non-hydrogen) atoms. The maximum Gasteiger partial charge on any atom is 0.417 e. The second kappa shape index (κ2) is 8.56. The van der Waals surface area contributed by atoms with Gasteiger partial charge in [-0.2, -0.15) is 18.3 Å². The molecule has 1 N–H and O–H groups in total. The van der Waals surface area contributed by atoms with E-state index in [1.54, 1.807) is 6.07 Å². The van der Waals surface area contributed by atoms with E-state index in [-0.39, 0.29) is 35.8 Å². The Morgan fingerprint density at radius 2 is 1.87 bits per heavy atom. The minimum absolute atomic E-state index is 0.0699. The highest BCUT2D eigenvalue weighted by Gasteiger charge is 2.35. The molecule has 2 heterocycles. The second-order valence-corrected chi connectivity index (χ2v) is 8.13. The number of rotatable bonds is 6. The molecule has 1 aromatic carbocycles. The molecule has 3 rings (SSSR count). The van der Waals surface area contributed by atoms with Gasteiger partial charge < -0.3 is 5.32 Å². The van der Waals surface area contributed by atoms with Crippen LogP contribution in [0.5, 0.6) is 0 Å². The van der Waals surface area contributed by atoms with Crippen molar-refractivity contribution in [3.8, 4) is 0 Å². The quantitative estimate of drug-likeness (QED) is 0.620. The molecule has 166 valence electrons. The van der Waals surface area contributed by atoms with Gasteiger partial charge in [-0.1, -0.05) is 19.9 Å². The molecule has 9 heteroatoms. The van der Waals surface area contributed by atoms with Gasteiger partial charge in [0.1, 0.15) is 0 Å². The van der Waals surface area contributed by atoms with Crippen LogP contribution in [0.4, 0.5) is 18.9 Å². The molecular weight excluding hydrogens is 409 g/mol. The monoisotopic (exact) mass is 434 g/mol. The Hall–Kier alpha value is -3.10. The smallest absolute Gasteiger partial charge is 0.326 e. The Balaban J connectivity index is 1.89. The molecule has 0 aliphatic carbocycles. The number of nitrogens with one attached hydrogen (secondary N) is 1. The van der Waals surface area contributed by atoms with Crippen molar-refractivity contribution in [2.24, 2.45) is 5.92 Å². The van der Waals surface area contributed by atoms with Crippen molar-refractivity contribution >= 4 is 22.6 Å². The number of pyridine rings is 1. The highest BCUT2D eigenvalue weighted by Crippen LogP contribution is 2.33. The largest absolute Gasteiger partial charge is 0.417 e. The summed E-state index contributed by atoms with van der Waals surface area (Å²) in [5, 5.41) is 6.82. The fraction of sp³-hybridized carbons (Fsp3) is 0.409. The fourth-order valence-electron chi connectivity index (χ4n) is 3.36. The molecule has 0 fully saturated rings. The number of carbonyl (C=O) groups excluding carboxylic acids is 1. The minimum Gasteiger partial charge on any atom is -0.326 e. The number of aryl methyl sites for hydroxylation is 3. The molecule has 0 saturated heterocycles. The molecule has 0 spiro atoms. The summed E-state index contributed by atoms with van der Waals surface area (Å²) in [7, 11) is 0. The Kier molecular flexibility index (Phi) is 6.24. The van der Waals surface area contributed by atoms with Gasteiger partial charge in [-0.3, -0.25) is 18.8 Å². The number of alkyl halides is 3. The van der Waals surface area contributed by atoms with Gasteiger partial charge in [0.05, 0.1) is 5.56 Å². The van der Waals surface area contributed by atoms with Crippen LogP contribution in [0.15, 0.2) is 35.3 Å². The molecule has 0 aliphatic heterocycles. The topological polar surface area (TPSA) is 68.9 Å². The molecule has 6 nitrogen and oxygen atoms in total. The standard InChI is InChI=1S/C22H25F3N4O2/c1-13(2)11-28-12-17-18(22(23,24)25)10-20(31)29(21(17)27-28)8-7-19(30)26-16-6-5-14(3)15(4)9-16/h5-6,9-10,12-13H,7-8,11H2,1-4H3,(H,26,30). The van der Waals surface area contributed by atoms with E-state index < -0.39 is 17.3 Å². The first-order chi connectivity index (χ1) is 14.5. The lowest BCUT2D eigenvalue weighted by atomic mass is 10.1. The lowest BCUT2D eigenvalue weighted by Gasteiger charge is -2.12. The van der Waals surface area contributed by atoms with Crippen LogP contribution in [0.1, 0.15) is 37.0 Å². The number of amides is 1. The first-order valence-electron chi connectivity index (χ1n) is 10.0. The highest BCUT2D eigenvalue weighted by atomic mass is 19.4. The zero-order chi connectivity index (χ0) is 22.9. The third-order valence-corrected chi connectivity index (χ3v) is 5.03. The van der Waals surface area contributed by atoms with Crippen LogP contribution in [-0.2, 0) is 24.1 Å². The highest BCUT2D eigenvalue weighted by molar-refractivity contribution is 5.91. The number of carbonyl (C=O) groups is 1. The van der Waals surface area contributed by atoms with Gasteiger partial charge in [0.25, 0.3) is 5.56 Å². The van der Waals surface area contributed by atoms with Crippen molar-refractivity contribution in [2.75, 3.05) is 5.32 Å². The normalized spacial score (nSPS) is 12.0. The van der Waals surface area contributed by atoms with Crippen LogP contribution < -0.4 is 10.9 Å². The molecule has 2 aromatic heterocycles. The molecule has 3 aromatic rings. The second-order valence-electron chi connectivity index (χ2n) is 8.13. The molecule has 0 unspecified atom stereocenters. The van der Waals surface area contributed by atoms with Crippen LogP contribution in [0.2, 0.25) is 0 Å². The van der Waals surface area contributed by atoms with Crippen molar-refractivity contribution in [1.29, 1.82) is 0 Å². The van der Waals surface area contributed by atoms with E-state index in [0.717, 1.165) is 15.7 Å². The molecule has 0 saturated carbocycles. The lowest BCUT2D eigenvalue weighted by molar-refractivity contribution is -0.136. The molecule has 1 amide bonds. The molecule has 0 atom stereocenters. The maximum atomic E-state index is 13.5. The number of aromatic nitrogens is 3. The van der Waals surface area contributed by atoms with Crippen LogP contribution in [-0.4, -0.2) is 20.3 Å². The summed E-state index contributed by atoms with van der Waals surface area (Å²) in [5.74, 6) is -0.183. The number of halogens is 3. The Bertz CT molecular complexity index is 1180. The number of benzene rings is 1. The Labute approximate surface area is 177 Å². The lowest BCUT2D eigenvalue weighted by Crippen LogP contribution is -2.25. The maximum absolute atomic E-state index is 13.5. The third-order valence-electron chi connectivity index (χ3n) is 5.03. The van der Waals surface area contributed by atoms with Crippen LogP contribution in [0, 0.1) is 19.8 Å². The van der Waals surface area contributed by atoms with Crippen LogP contribution >= 0.6 is 0 Å². The SMILES string of the molecule is Cc1ccc(NC(=O)CCn2c(=O)cc(C(F)(F)F)c3cn(CC(C)C)nc32)cc1C.